The van der Waals surface area contributed by atoms with Gasteiger partial charge in [0.25, 0.3) is 0 Å². The molecule has 110 valence electrons. The molecule has 0 aliphatic carbocycles. The van der Waals surface area contributed by atoms with E-state index >= 15 is 0 Å². The zero-order valence-corrected chi connectivity index (χ0v) is 13.2. The predicted molar refractivity (Wildman–Crippen MR) is 85.2 cm³/mol. The van der Waals surface area contributed by atoms with Gasteiger partial charge < -0.3 is 11.1 Å². The molecule has 1 rings (SSSR count). The second kappa shape index (κ2) is 10.0. The minimum atomic E-state index is 0. The van der Waals surface area contributed by atoms with Crippen molar-refractivity contribution >= 4 is 36.4 Å². The van der Waals surface area contributed by atoms with Gasteiger partial charge in [-0.15, -0.1) is 24.8 Å². The van der Waals surface area contributed by atoms with Gasteiger partial charge in [0.2, 0.25) is 5.91 Å². The van der Waals surface area contributed by atoms with Crippen LogP contribution in [0.1, 0.15) is 19.4 Å². The van der Waals surface area contributed by atoms with E-state index in [1.54, 1.807) is 0 Å². The Hall–Kier alpha value is -0.810. The summed E-state index contributed by atoms with van der Waals surface area (Å²) in [6.45, 7) is 5.03. The number of carbonyl (C=O) groups is 1. The van der Waals surface area contributed by atoms with Gasteiger partial charge in [-0.2, -0.15) is 0 Å². The van der Waals surface area contributed by atoms with E-state index in [1.165, 1.54) is 0 Å². The molecule has 0 atom stereocenters. The standard InChI is InChI=1S/C13H21N3O.2ClH/c1-10(2)16(3)9-13(17)15-12-6-4-11(8-14)5-7-12;;/h4-7,10H,8-9,14H2,1-3H3,(H,15,17);2*1H. The fraction of sp³-hybridized carbons (Fsp3) is 0.462. The van der Waals surface area contributed by atoms with Crippen molar-refractivity contribution in [3.8, 4) is 0 Å². The normalized spacial score (nSPS) is 9.79. The third-order valence-electron chi connectivity index (χ3n) is 2.75. The Bertz CT molecular complexity index is 369. The highest BCUT2D eigenvalue weighted by molar-refractivity contribution is 5.92. The minimum Gasteiger partial charge on any atom is -0.326 e. The van der Waals surface area contributed by atoms with E-state index in [2.05, 4.69) is 19.2 Å². The molecule has 0 heterocycles. The summed E-state index contributed by atoms with van der Waals surface area (Å²) in [4.78, 5) is 13.7. The van der Waals surface area contributed by atoms with Crippen LogP contribution in [0.2, 0.25) is 0 Å². The number of benzene rings is 1. The van der Waals surface area contributed by atoms with E-state index in [0.29, 0.717) is 19.1 Å². The molecule has 0 aliphatic rings. The summed E-state index contributed by atoms with van der Waals surface area (Å²) < 4.78 is 0. The molecule has 0 radical (unpaired) electrons. The summed E-state index contributed by atoms with van der Waals surface area (Å²) in [5.74, 6) is 0.00157. The molecule has 0 unspecified atom stereocenters. The molecule has 0 aliphatic heterocycles. The zero-order chi connectivity index (χ0) is 12.8. The van der Waals surface area contributed by atoms with Crippen molar-refractivity contribution in [2.75, 3.05) is 18.9 Å². The highest BCUT2D eigenvalue weighted by Gasteiger charge is 2.09. The van der Waals surface area contributed by atoms with Gasteiger partial charge in [0.15, 0.2) is 0 Å². The van der Waals surface area contributed by atoms with Crippen LogP contribution in [0.5, 0.6) is 0 Å². The van der Waals surface area contributed by atoms with Gasteiger partial charge in [-0.3, -0.25) is 9.69 Å². The molecule has 1 aromatic rings. The first-order valence-corrected chi connectivity index (χ1v) is 5.82. The van der Waals surface area contributed by atoms with E-state index in [9.17, 15) is 4.79 Å². The van der Waals surface area contributed by atoms with Crippen molar-refractivity contribution in [2.24, 2.45) is 5.73 Å². The van der Waals surface area contributed by atoms with Crippen molar-refractivity contribution in [2.45, 2.75) is 26.4 Å². The van der Waals surface area contributed by atoms with Gasteiger partial charge in [-0.05, 0) is 38.6 Å². The lowest BCUT2D eigenvalue weighted by molar-refractivity contribution is -0.117. The van der Waals surface area contributed by atoms with Gasteiger partial charge in [-0.1, -0.05) is 12.1 Å². The SMILES string of the molecule is CC(C)N(C)CC(=O)Nc1ccc(CN)cc1.Cl.Cl. The highest BCUT2D eigenvalue weighted by Crippen LogP contribution is 2.09. The fourth-order valence-corrected chi connectivity index (χ4v) is 1.33. The quantitative estimate of drug-likeness (QED) is 0.877. The molecule has 0 saturated carbocycles. The third-order valence-corrected chi connectivity index (χ3v) is 2.75. The summed E-state index contributed by atoms with van der Waals surface area (Å²) in [5, 5.41) is 2.86. The molecule has 6 heteroatoms. The van der Waals surface area contributed by atoms with Crippen LogP contribution < -0.4 is 11.1 Å². The molecule has 0 bridgehead atoms. The van der Waals surface area contributed by atoms with Gasteiger partial charge >= 0.3 is 0 Å². The maximum absolute atomic E-state index is 11.7. The van der Waals surface area contributed by atoms with Crippen LogP contribution >= 0.6 is 24.8 Å². The van der Waals surface area contributed by atoms with Crippen LogP contribution in [-0.4, -0.2) is 30.4 Å². The second-order valence-electron chi connectivity index (χ2n) is 4.46. The molecular weight excluding hydrogens is 285 g/mol. The van der Waals surface area contributed by atoms with Crippen LogP contribution in [0.4, 0.5) is 5.69 Å². The lowest BCUT2D eigenvalue weighted by atomic mass is 10.2. The maximum atomic E-state index is 11.7. The first kappa shape index (κ1) is 20.5. The number of halogens is 2. The Balaban J connectivity index is 0. The van der Waals surface area contributed by atoms with E-state index in [0.717, 1.165) is 11.3 Å². The molecule has 4 nitrogen and oxygen atoms in total. The number of carbonyl (C=O) groups excluding carboxylic acids is 1. The molecule has 19 heavy (non-hydrogen) atoms. The Labute approximate surface area is 127 Å². The van der Waals surface area contributed by atoms with E-state index in [-0.39, 0.29) is 30.7 Å². The van der Waals surface area contributed by atoms with Crippen LogP contribution in [0, 0.1) is 0 Å². The third kappa shape index (κ3) is 7.38. The number of amides is 1. The van der Waals surface area contributed by atoms with E-state index in [4.69, 9.17) is 5.73 Å². The second-order valence-corrected chi connectivity index (χ2v) is 4.46. The predicted octanol–water partition coefficient (Wildman–Crippen LogP) is 2.27. The van der Waals surface area contributed by atoms with E-state index < -0.39 is 0 Å². The lowest BCUT2D eigenvalue weighted by Gasteiger charge is -2.20. The Morgan fingerprint density at radius 2 is 1.79 bits per heavy atom. The van der Waals surface area contributed by atoms with Crippen LogP contribution in [0.15, 0.2) is 24.3 Å². The summed E-state index contributed by atoms with van der Waals surface area (Å²) in [6, 6.07) is 7.94. The molecule has 0 saturated heterocycles. The van der Waals surface area contributed by atoms with Crippen LogP contribution in [0.25, 0.3) is 0 Å². The van der Waals surface area contributed by atoms with Crippen molar-refractivity contribution < 1.29 is 4.79 Å². The molecule has 0 fully saturated rings. The summed E-state index contributed by atoms with van der Waals surface area (Å²) in [7, 11) is 1.93. The molecule has 3 N–H and O–H groups in total. The Morgan fingerprint density at radius 1 is 1.26 bits per heavy atom. The molecule has 1 aromatic carbocycles. The molecule has 0 aromatic heterocycles. The molecule has 1 amide bonds. The summed E-state index contributed by atoms with van der Waals surface area (Å²) in [5.41, 5.74) is 7.37. The number of hydrogen-bond donors (Lipinski definition) is 2. The number of nitrogens with two attached hydrogens (primary N) is 1. The largest absolute Gasteiger partial charge is 0.326 e. The fourth-order valence-electron chi connectivity index (χ4n) is 1.33. The van der Waals surface area contributed by atoms with Crippen LogP contribution in [-0.2, 0) is 11.3 Å². The van der Waals surface area contributed by atoms with Crippen molar-refractivity contribution in [1.29, 1.82) is 0 Å². The lowest BCUT2D eigenvalue weighted by Crippen LogP contribution is -2.34. The summed E-state index contributed by atoms with van der Waals surface area (Å²) in [6.07, 6.45) is 0. The number of likely N-dealkylation sites (N-methyl/N-ethyl adjacent to an activating group) is 1. The number of nitrogens with zero attached hydrogens (tertiary/aromatic N) is 1. The molecule has 0 spiro atoms. The minimum absolute atomic E-state index is 0. The van der Waals surface area contributed by atoms with Gasteiger partial charge in [-0.25, -0.2) is 0 Å². The number of rotatable bonds is 5. The Kier molecular flexibility index (Phi) is 10.8. The van der Waals surface area contributed by atoms with Gasteiger partial charge in [0.05, 0.1) is 6.54 Å². The topological polar surface area (TPSA) is 58.4 Å². The number of nitrogens with one attached hydrogen (secondary N) is 1. The maximum Gasteiger partial charge on any atom is 0.238 e. The van der Waals surface area contributed by atoms with Gasteiger partial charge in [0, 0.05) is 18.3 Å². The number of hydrogen-bond acceptors (Lipinski definition) is 3. The van der Waals surface area contributed by atoms with Crippen LogP contribution in [0.3, 0.4) is 0 Å². The van der Waals surface area contributed by atoms with Crippen molar-refractivity contribution in [1.82, 2.24) is 4.90 Å². The first-order valence-electron chi connectivity index (χ1n) is 5.82. The average Bonchev–Trinajstić information content (AvgIpc) is 2.29. The summed E-state index contributed by atoms with van der Waals surface area (Å²) >= 11 is 0. The highest BCUT2D eigenvalue weighted by atomic mass is 35.5. The van der Waals surface area contributed by atoms with Crippen molar-refractivity contribution in [3.63, 3.8) is 0 Å². The first-order chi connectivity index (χ1) is 8.02. The molecular formula is C13H23Cl2N3O. The average molecular weight is 308 g/mol. The van der Waals surface area contributed by atoms with Gasteiger partial charge in [0.1, 0.15) is 0 Å². The monoisotopic (exact) mass is 307 g/mol. The van der Waals surface area contributed by atoms with Crippen molar-refractivity contribution in [3.05, 3.63) is 29.8 Å². The zero-order valence-electron chi connectivity index (χ0n) is 11.6. The van der Waals surface area contributed by atoms with E-state index in [1.807, 2.05) is 36.2 Å². The smallest absolute Gasteiger partial charge is 0.238 e. The number of anilines is 1. The Morgan fingerprint density at radius 3 is 2.21 bits per heavy atom.